The number of ether oxygens (including phenoxy) is 1. The molecule has 27 heavy (non-hydrogen) atoms. The molecule has 1 saturated heterocycles. The third-order valence-electron chi connectivity index (χ3n) is 4.15. The fourth-order valence-corrected chi connectivity index (χ4v) is 3.39. The first-order chi connectivity index (χ1) is 13.0. The molecule has 1 aliphatic heterocycles. The third kappa shape index (κ3) is 4.30. The molecule has 0 N–H and O–H groups in total. The second-order valence-corrected chi connectivity index (χ2v) is 6.77. The first-order valence-electron chi connectivity index (χ1n) is 8.19. The predicted molar refractivity (Wildman–Crippen MR) is 93.4 cm³/mol. The van der Waals surface area contributed by atoms with Crippen LogP contribution in [0.4, 0.5) is 8.78 Å². The molecule has 9 heteroatoms. The fraction of sp³-hybridized carbons (Fsp3) is 0.278. The molecule has 1 aromatic heterocycles. The summed E-state index contributed by atoms with van der Waals surface area (Å²) in [7, 11) is 0. The van der Waals surface area contributed by atoms with Gasteiger partial charge >= 0.3 is 5.97 Å². The van der Waals surface area contributed by atoms with Crippen molar-refractivity contribution in [2.45, 2.75) is 0 Å². The number of hydrogen-bond donors (Lipinski definition) is 0. The van der Waals surface area contributed by atoms with Crippen LogP contribution in [0.3, 0.4) is 0 Å². The Hall–Kier alpha value is -2.81. The van der Waals surface area contributed by atoms with E-state index < -0.39 is 35.7 Å². The minimum Gasteiger partial charge on any atom is -0.452 e. The van der Waals surface area contributed by atoms with Gasteiger partial charge in [-0.3, -0.25) is 9.59 Å². The van der Waals surface area contributed by atoms with Crippen molar-refractivity contribution in [3.05, 3.63) is 57.8 Å². The molecule has 0 spiro atoms. The Morgan fingerprint density at radius 3 is 2.19 bits per heavy atom. The number of esters is 1. The number of amides is 2. The van der Waals surface area contributed by atoms with Gasteiger partial charge in [-0.15, -0.1) is 11.3 Å². The van der Waals surface area contributed by atoms with E-state index in [2.05, 4.69) is 0 Å². The molecule has 1 fully saturated rings. The molecular formula is C18H16F2N2O4S. The summed E-state index contributed by atoms with van der Waals surface area (Å²) >= 11 is 1.35. The van der Waals surface area contributed by atoms with Crippen LogP contribution in [0.2, 0.25) is 0 Å². The first kappa shape index (κ1) is 19.0. The minimum atomic E-state index is -1.23. The molecule has 2 aromatic rings. The zero-order chi connectivity index (χ0) is 19.4. The number of piperazine rings is 1. The summed E-state index contributed by atoms with van der Waals surface area (Å²) in [6, 6.07) is 6.54. The Kier molecular flexibility index (Phi) is 5.80. The fourth-order valence-electron chi connectivity index (χ4n) is 2.70. The summed E-state index contributed by atoms with van der Waals surface area (Å²) in [4.78, 5) is 40.0. The second kappa shape index (κ2) is 8.26. The van der Waals surface area contributed by atoms with E-state index in [-0.39, 0.29) is 5.91 Å². The van der Waals surface area contributed by atoms with E-state index in [0.29, 0.717) is 31.1 Å². The molecule has 2 amide bonds. The average Bonchev–Trinajstić information content (AvgIpc) is 3.20. The summed E-state index contributed by atoms with van der Waals surface area (Å²) < 4.78 is 31.8. The Labute approximate surface area is 157 Å². The van der Waals surface area contributed by atoms with E-state index in [1.54, 1.807) is 17.0 Å². The van der Waals surface area contributed by atoms with Gasteiger partial charge in [0.05, 0.1) is 4.88 Å². The third-order valence-corrected chi connectivity index (χ3v) is 5.00. The predicted octanol–water partition coefficient (Wildman–Crippen LogP) is 2.17. The Balaban J connectivity index is 1.50. The molecule has 0 unspecified atom stereocenters. The van der Waals surface area contributed by atoms with E-state index in [4.69, 9.17) is 4.74 Å². The summed E-state index contributed by atoms with van der Waals surface area (Å²) in [5, 5.41) is 1.82. The summed E-state index contributed by atoms with van der Waals surface area (Å²) in [6.45, 7) is 0.686. The lowest BCUT2D eigenvalue weighted by Gasteiger charge is -2.34. The number of rotatable bonds is 4. The molecule has 1 aromatic carbocycles. The molecule has 3 rings (SSSR count). The van der Waals surface area contributed by atoms with Crippen LogP contribution < -0.4 is 0 Å². The molecule has 0 atom stereocenters. The number of halogens is 2. The lowest BCUT2D eigenvalue weighted by molar-refractivity contribution is -0.136. The Morgan fingerprint density at radius 2 is 1.59 bits per heavy atom. The highest BCUT2D eigenvalue weighted by Gasteiger charge is 2.26. The highest BCUT2D eigenvalue weighted by molar-refractivity contribution is 7.12. The summed E-state index contributed by atoms with van der Waals surface area (Å²) in [5.74, 6) is -3.89. The SMILES string of the molecule is O=C(OCC(=O)N1CCN(C(=O)c2cccs2)CC1)c1c(F)cccc1F. The van der Waals surface area contributed by atoms with E-state index in [1.807, 2.05) is 5.38 Å². The van der Waals surface area contributed by atoms with Crippen molar-refractivity contribution in [2.75, 3.05) is 32.8 Å². The van der Waals surface area contributed by atoms with Gasteiger partial charge in [0, 0.05) is 26.2 Å². The van der Waals surface area contributed by atoms with Gasteiger partial charge in [0.25, 0.3) is 11.8 Å². The maximum atomic E-state index is 13.5. The Morgan fingerprint density at radius 1 is 0.963 bits per heavy atom. The number of nitrogens with zero attached hydrogens (tertiary/aromatic N) is 2. The molecule has 1 aliphatic rings. The van der Waals surface area contributed by atoms with Crippen molar-refractivity contribution in [3.8, 4) is 0 Å². The van der Waals surface area contributed by atoms with Crippen molar-refractivity contribution in [1.29, 1.82) is 0 Å². The number of benzene rings is 1. The van der Waals surface area contributed by atoms with Crippen LogP contribution in [-0.4, -0.2) is 60.4 Å². The van der Waals surface area contributed by atoms with E-state index in [9.17, 15) is 23.2 Å². The van der Waals surface area contributed by atoms with Gasteiger partial charge < -0.3 is 14.5 Å². The topological polar surface area (TPSA) is 66.9 Å². The van der Waals surface area contributed by atoms with Crippen LogP contribution in [0.15, 0.2) is 35.7 Å². The minimum absolute atomic E-state index is 0.0847. The molecule has 0 saturated carbocycles. The molecule has 0 radical (unpaired) electrons. The molecule has 0 bridgehead atoms. The lowest BCUT2D eigenvalue weighted by Crippen LogP contribution is -2.51. The first-order valence-corrected chi connectivity index (χ1v) is 9.07. The highest BCUT2D eigenvalue weighted by Crippen LogP contribution is 2.15. The van der Waals surface area contributed by atoms with Crippen molar-refractivity contribution in [1.82, 2.24) is 9.80 Å². The summed E-state index contributed by atoms with van der Waals surface area (Å²) in [5.41, 5.74) is -0.823. The van der Waals surface area contributed by atoms with Crippen molar-refractivity contribution >= 4 is 29.1 Å². The largest absolute Gasteiger partial charge is 0.452 e. The van der Waals surface area contributed by atoms with Gasteiger partial charge in [0.15, 0.2) is 6.61 Å². The average molecular weight is 394 g/mol. The molecule has 2 heterocycles. The van der Waals surface area contributed by atoms with Crippen LogP contribution in [0.25, 0.3) is 0 Å². The number of hydrogen-bond acceptors (Lipinski definition) is 5. The van der Waals surface area contributed by atoms with Crippen molar-refractivity contribution in [2.24, 2.45) is 0 Å². The maximum absolute atomic E-state index is 13.5. The summed E-state index contributed by atoms with van der Waals surface area (Å²) in [6.07, 6.45) is 0. The van der Waals surface area contributed by atoms with Gasteiger partial charge in [-0.25, -0.2) is 13.6 Å². The van der Waals surface area contributed by atoms with Crippen LogP contribution in [-0.2, 0) is 9.53 Å². The van der Waals surface area contributed by atoms with Gasteiger partial charge in [0.2, 0.25) is 0 Å². The van der Waals surface area contributed by atoms with Gasteiger partial charge in [-0.1, -0.05) is 12.1 Å². The van der Waals surface area contributed by atoms with E-state index in [1.165, 1.54) is 16.2 Å². The quantitative estimate of drug-likeness (QED) is 0.746. The van der Waals surface area contributed by atoms with Gasteiger partial charge in [0.1, 0.15) is 17.2 Å². The molecule has 0 aliphatic carbocycles. The zero-order valence-electron chi connectivity index (χ0n) is 14.2. The second-order valence-electron chi connectivity index (χ2n) is 5.82. The number of carbonyl (C=O) groups is 3. The van der Waals surface area contributed by atoms with Gasteiger partial charge in [-0.2, -0.15) is 0 Å². The standard InChI is InChI=1S/C18H16F2N2O4S/c19-12-3-1-4-13(20)16(12)18(25)26-11-15(23)21-6-8-22(9-7-21)17(24)14-5-2-10-27-14/h1-5,10H,6-9,11H2. The zero-order valence-corrected chi connectivity index (χ0v) is 15.0. The van der Waals surface area contributed by atoms with Crippen LogP contribution in [0.1, 0.15) is 20.0 Å². The maximum Gasteiger partial charge on any atom is 0.344 e. The van der Waals surface area contributed by atoms with E-state index in [0.717, 1.165) is 18.2 Å². The normalized spacial score (nSPS) is 14.1. The number of thiophene rings is 1. The van der Waals surface area contributed by atoms with Crippen LogP contribution in [0.5, 0.6) is 0 Å². The van der Waals surface area contributed by atoms with Crippen molar-refractivity contribution in [3.63, 3.8) is 0 Å². The van der Waals surface area contributed by atoms with Crippen LogP contribution in [0, 0.1) is 11.6 Å². The smallest absolute Gasteiger partial charge is 0.344 e. The highest BCUT2D eigenvalue weighted by atomic mass is 32.1. The Bertz CT molecular complexity index is 829. The lowest BCUT2D eigenvalue weighted by atomic mass is 10.2. The number of carbonyl (C=O) groups excluding carboxylic acids is 3. The molecular weight excluding hydrogens is 378 g/mol. The van der Waals surface area contributed by atoms with Crippen LogP contribution >= 0.6 is 11.3 Å². The van der Waals surface area contributed by atoms with E-state index >= 15 is 0 Å². The molecule has 142 valence electrons. The monoisotopic (exact) mass is 394 g/mol. The molecule has 6 nitrogen and oxygen atoms in total. The van der Waals surface area contributed by atoms with Crippen molar-refractivity contribution < 1.29 is 27.9 Å². The van der Waals surface area contributed by atoms with Gasteiger partial charge in [-0.05, 0) is 23.6 Å².